The lowest BCUT2D eigenvalue weighted by molar-refractivity contribution is -0.115. The van der Waals surface area contributed by atoms with Gasteiger partial charge in [0.2, 0.25) is 15.9 Å². The van der Waals surface area contributed by atoms with Crippen LogP contribution in [0.15, 0.2) is 58.8 Å². The van der Waals surface area contributed by atoms with E-state index < -0.39 is 10.0 Å². The molecule has 0 spiro atoms. The van der Waals surface area contributed by atoms with E-state index in [9.17, 15) is 13.2 Å². The maximum absolute atomic E-state index is 12.7. The molecule has 1 saturated heterocycles. The summed E-state index contributed by atoms with van der Waals surface area (Å²) in [5, 5.41) is 5.73. The molecule has 0 saturated carbocycles. The number of carbonyl (C=O) groups excluding carboxylic acids is 1. The SMILES string of the molecule is O=C(Cc1ccc(Cl)cc1)Nc1nc(-c2ccc(S(=O)(=O)N3CCOCC3)cc2)cs1. The van der Waals surface area contributed by atoms with Crippen LogP contribution in [0.4, 0.5) is 5.13 Å². The van der Waals surface area contributed by atoms with Crippen molar-refractivity contribution in [1.29, 1.82) is 0 Å². The summed E-state index contributed by atoms with van der Waals surface area (Å²) in [4.78, 5) is 16.9. The van der Waals surface area contributed by atoms with Crippen molar-refractivity contribution in [3.8, 4) is 11.3 Å². The second-order valence-electron chi connectivity index (χ2n) is 6.93. The van der Waals surface area contributed by atoms with Gasteiger partial charge in [0.25, 0.3) is 0 Å². The highest BCUT2D eigenvalue weighted by molar-refractivity contribution is 7.89. The highest BCUT2D eigenvalue weighted by Crippen LogP contribution is 2.27. The van der Waals surface area contributed by atoms with Crippen molar-refractivity contribution in [1.82, 2.24) is 9.29 Å². The smallest absolute Gasteiger partial charge is 0.243 e. The molecule has 0 bridgehead atoms. The fourth-order valence-electron chi connectivity index (χ4n) is 3.15. The molecular formula is C21H20ClN3O4S2. The molecule has 7 nitrogen and oxygen atoms in total. The highest BCUT2D eigenvalue weighted by atomic mass is 35.5. The molecule has 1 aromatic heterocycles. The standard InChI is InChI=1S/C21H20ClN3O4S2/c22-17-5-1-15(2-6-17)13-20(26)24-21-23-19(14-30-21)16-3-7-18(8-4-16)31(27,28)25-9-11-29-12-10-25/h1-8,14H,9-13H2,(H,23,24,26). The number of amides is 1. The monoisotopic (exact) mass is 477 g/mol. The van der Waals surface area contributed by atoms with E-state index in [1.165, 1.54) is 15.6 Å². The molecule has 3 aromatic rings. The van der Waals surface area contributed by atoms with Crippen LogP contribution >= 0.6 is 22.9 Å². The third-order valence-electron chi connectivity index (χ3n) is 4.79. The molecule has 1 amide bonds. The minimum absolute atomic E-state index is 0.171. The Bertz CT molecular complexity index is 1160. The van der Waals surface area contributed by atoms with Gasteiger partial charge < -0.3 is 10.1 Å². The van der Waals surface area contributed by atoms with E-state index in [2.05, 4.69) is 10.3 Å². The fourth-order valence-corrected chi connectivity index (χ4v) is 5.42. The van der Waals surface area contributed by atoms with E-state index in [0.29, 0.717) is 42.2 Å². The van der Waals surface area contributed by atoms with Crippen LogP contribution in [0.5, 0.6) is 0 Å². The first-order valence-corrected chi connectivity index (χ1v) is 12.3. The Kier molecular flexibility index (Phi) is 6.68. The van der Waals surface area contributed by atoms with E-state index in [0.717, 1.165) is 11.1 Å². The van der Waals surface area contributed by atoms with Crippen molar-refractivity contribution in [3.05, 3.63) is 64.5 Å². The zero-order valence-corrected chi connectivity index (χ0v) is 18.8. The summed E-state index contributed by atoms with van der Waals surface area (Å²) in [5.74, 6) is -0.171. The van der Waals surface area contributed by atoms with Crippen molar-refractivity contribution in [2.45, 2.75) is 11.3 Å². The summed E-state index contributed by atoms with van der Waals surface area (Å²) in [6, 6.07) is 13.7. The van der Waals surface area contributed by atoms with Gasteiger partial charge in [-0.3, -0.25) is 4.79 Å². The van der Waals surface area contributed by atoms with Crippen LogP contribution in [0.2, 0.25) is 5.02 Å². The van der Waals surface area contributed by atoms with Crippen molar-refractivity contribution >= 4 is 44.0 Å². The first-order valence-electron chi connectivity index (χ1n) is 9.60. The number of nitrogens with one attached hydrogen (secondary N) is 1. The average molecular weight is 478 g/mol. The third kappa shape index (κ3) is 5.31. The summed E-state index contributed by atoms with van der Waals surface area (Å²) in [6.45, 7) is 1.52. The van der Waals surface area contributed by atoms with Gasteiger partial charge in [0.15, 0.2) is 5.13 Å². The van der Waals surface area contributed by atoms with Crippen LogP contribution in [0.25, 0.3) is 11.3 Å². The van der Waals surface area contributed by atoms with Gasteiger partial charge in [0.05, 0.1) is 30.2 Å². The predicted molar refractivity (Wildman–Crippen MR) is 121 cm³/mol. The quantitative estimate of drug-likeness (QED) is 0.585. The summed E-state index contributed by atoms with van der Waals surface area (Å²) < 4.78 is 32.1. The Labute approximate surface area is 189 Å². The first-order chi connectivity index (χ1) is 14.9. The van der Waals surface area contributed by atoms with Crippen LogP contribution in [0.1, 0.15) is 5.56 Å². The Hall–Kier alpha value is -2.30. The van der Waals surface area contributed by atoms with Crippen molar-refractivity contribution in [3.63, 3.8) is 0 Å². The molecule has 10 heteroatoms. The van der Waals surface area contributed by atoms with E-state index in [1.807, 2.05) is 17.5 Å². The first kappa shape index (κ1) is 21.9. The normalized spacial score (nSPS) is 15.0. The number of carbonyl (C=O) groups is 1. The molecule has 1 aliphatic heterocycles. The van der Waals surface area contributed by atoms with E-state index >= 15 is 0 Å². The predicted octanol–water partition coefficient (Wildman–Crippen LogP) is 3.67. The summed E-state index contributed by atoms with van der Waals surface area (Å²) in [7, 11) is -3.53. The molecule has 1 aliphatic rings. The Morgan fingerprint density at radius 1 is 1.10 bits per heavy atom. The van der Waals surface area contributed by atoms with Crippen molar-refractivity contribution in [2.75, 3.05) is 31.6 Å². The van der Waals surface area contributed by atoms with Gasteiger partial charge in [-0.05, 0) is 29.8 Å². The van der Waals surface area contributed by atoms with E-state index in [4.69, 9.17) is 16.3 Å². The average Bonchev–Trinajstić information content (AvgIpc) is 3.24. The van der Waals surface area contributed by atoms with Gasteiger partial charge in [-0.15, -0.1) is 11.3 Å². The van der Waals surface area contributed by atoms with E-state index in [-0.39, 0.29) is 17.2 Å². The van der Waals surface area contributed by atoms with Crippen LogP contribution in [0, 0.1) is 0 Å². The Morgan fingerprint density at radius 2 is 1.77 bits per heavy atom. The second-order valence-corrected chi connectivity index (χ2v) is 10.2. The van der Waals surface area contributed by atoms with Crippen LogP contribution in [0.3, 0.4) is 0 Å². The number of hydrogen-bond acceptors (Lipinski definition) is 6. The van der Waals surface area contributed by atoms with Gasteiger partial charge in [-0.25, -0.2) is 13.4 Å². The molecular weight excluding hydrogens is 458 g/mol. The molecule has 0 unspecified atom stereocenters. The number of sulfonamides is 1. The van der Waals surface area contributed by atoms with E-state index in [1.54, 1.807) is 36.4 Å². The lowest BCUT2D eigenvalue weighted by Gasteiger charge is -2.26. The molecule has 1 N–H and O–H groups in total. The number of halogens is 1. The Balaban J connectivity index is 1.41. The number of morpholine rings is 1. The summed E-state index contributed by atoms with van der Waals surface area (Å²) >= 11 is 7.18. The lowest BCUT2D eigenvalue weighted by atomic mass is 10.1. The maximum Gasteiger partial charge on any atom is 0.243 e. The minimum atomic E-state index is -3.53. The molecule has 0 atom stereocenters. The van der Waals surface area contributed by atoms with Gasteiger partial charge in [-0.2, -0.15) is 4.31 Å². The highest BCUT2D eigenvalue weighted by Gasteiger charge is 2.26. The maximum atomic E-state index is 12.7. The summed E-state index contributed by atoms with van der Waals surface area (Å²) in [5.41, 5.74) is 2.30. The molecule has 31 heavy (non-hydrogen) atoms. The number of hydrogen-bond donors (Lipinski definition) is 1. The van der Waals surface area contributed by atoms with Crippen LogP contribution in [-0.2, 0) is 26.0 Å². The molecule has 0 radical (unpaired) electrons. The minimum Gasteiger partial charge on any atom is -0.379 e. The molecule has 162 valence electrons. The van der Waals surface area contributed by atoms with Crippen molar-refractivity contribution < 1.29 is 17.9 Å². The van der Waals surface area contributed by atoms with Crippen LogP contribution < -0.4 is 5.32 Å². The molecule has 2 aromatic carbocycles. The fraction of sp³-hybridized carbons (Fsp3) is 0.238. The zero-order chi connectivity index (χ0) is 21.8. The van der Waals surface area contributed by atoms with Gasteiger partial charge in [0.1, 0.15) is 0 Å². The third-order valence-corrected chi connectivity index (χ3v) is 7.71. The number of benzene rings is 2. The molecule has 0 aliphatic carbocycles. The largest absolute Gasteiger partial charge is 0.379 e. The number of ether oxygens (including phenoxy) is 1. The van der Waals surface area contributed by atoms with Gasteiger partial charge >= 0.3 is 0 Å². The van der Waals surface area contributed by atoms with Gasteiger partial charge in [0, 0.05) is 29.1 Å². The lowest BCUT2D eigenvalue weighted by Crippen LogP contribution is -2.40. The topological polar surface area (TPSA) is 88.6 Å². The molecule has 1 fully saturated rings. The Morgan fingerprint density at radius 3 is 2.45 bits per heavy atom. The number of aromatic nitrogens is 1. The molecule has 4 rings (SSSR count). The number of anilines is 1. The number of nitrogens with zero attached hydrogens (tertiary/aromatic N) is 2. The van der Waals surface area contributed by atoms with Crippen molar-refractivity contribution in [2.24, 2.45) is 0 Å². The zero-order valence-electron chi connectivity index (χ0n) is 16.5. The van der Waals surface area contributed by atoms with Gasteiger partial charge in [-0.1, -0.05) is 35.9 Å². The summed E-state index contributed by atoms with van der Waals surface area (Å²) in [6.07, 6.45) is 0.222. The molecule has 2 heterocycles. The number of rotatable bonds is 6. The van der Waals surface area contributed by atoms with Crippen LogP contribution in [-0.4, -0.2) is 49.9 Å². The second kappa shape index (κ2) is 9.46. The number of thiazole rings is 1.